The van der Waals surface area contributed by atoms with Gasteiger partial charge in [0.05, 0.1) is 24.3 Å². The summed E-state index contributed by atoms with van der Waals surface area (Å²) in [6.45, 7) is 2.08. The monoisotopic (exact) mass is 341 g/mol. The maximum absolute atomic E-state index is 12.0. The number of nitrogens with zero attached hydrogens (tertiary/aromatic N) is 1. The number of carbonyl (C=O) groups is 1. The molecule has 0 aliphatic heterocycles. The van der Waals surface area contributed by atoms with E-state index in [1.807, 2.05) is 17.5 Å². The van der Waals surface area contributed by atoms with E-state index in [0.29, 0.717) is 28.2 Å². The summed E-state index contributed by atoms with van der Waals surface area (Å²) in [4.78, 5) is 17.3. The molecule has 0 saturated heterocycles. The number of rotatable bonds is 4. The van der Waals surface area contributed by atoms with Crippen LogP contribution in [0.3, 0.4) is 0 Å². The van der Waals surface area contributed by atoms with Gasteiger partial charge < -0.3 is 9.47 Å². The molecule has 0 atom stereocenters. The second-order valence-corrected chi connectivity index (χ2v) is 5.28. The number of halogens is 1. The summed E-state index contributed by atoms with van der Waals surface area (Å²) in [5.41, 5.74) is 1.08. The minimum Gasteiger partial charge on any atom is -0.493 e. The summed E-state index contributed by atoms with van der Waals surface area (Å²) in [5.74, 6) is -0.0287. The van der Waals surface area contributed by atoms with E-state index in [1.165, 1.54) is 7.11 Å². The van der Waals surface area contributed by atoms with E-state index in [1.54, 1.807) is 24.3 Å². The van der Waals surface area contributed by atoms with E-state index in [-0.39, 0.29) is 0 Å². The fraction of sp³-hybridized carbons (Fsp3) is 0.231. The van der Waals surface area contributed by atoms with E-state index in [2.05, 4.69) is 20.9 Å². The number of esters is 1. The average molecular weight is 342 g/mol. The van der Waals surface area contributed by atoms with Crippen LogP contribution in [0.1, 0.15) is 17.3 Å². The SMILES string of the molecule is CCOC(=O)c1cc(-c2cccs2)nc(Br)c1OC. The summed E-state index contributed by atoms with van der Waals surface area (Å²) in [5, 5.41) is 1.96. The zero-order valence-corrected chi connectivity index (χ0v) is 12.9. The number of hydrogen-bond donors (Lipinski definition) is 0. The quantitative estimate of drug-likeness (QED) is 0.627. The Morgan fingerprint density at radius 1 is 1.53 bits per heavy atom. The molecule has 0 aliphatic carbocycles. The molecule has 2 rings (SSSR count). The first-order valence-corrected chi connectivity index (χ1v) is 7.30. The highest BCUT2D eigenvalue weighted by molar-refractivity contribution is 9.10. The van der Waals surface area contributed by atoms with Crippen molar-refractivity contribution in [1.82, 2.24) is 4.98 Å². The predicted molar refractivity (Wildman–Crippen MR) is 77.8 cm³/mol. The number of thiophene rings is 1. The molecular formula is C13H12BrNO3S. The molecule has 2 aromatic rings. The maximum Gasteiger partial charge on any atom is 0.342 e. The first-order chi connectivity index (χ1) is 9.17. The largest absolute Gasteiger partial charge is 0.493 e. The van der Waals surface area contributed by atoms with Crippen LogP contribution in [0.4, 0.5) is 0 Å². The lowest BCUT2D eigenvalue weighted by Gasteiger charge is -2.10. The van der Waals surface area contributed by atoms with Gasteiger partial charge in [0.2, 0.25) is 0 Å². The van der Waals surface area contributed by atoms with Gasteiger partial charge in [-0.3, -0.25) is 0 Å². The number of pyridine rings is 1. The Labute approximate surface area is 123 Å². The van der Waals surface area contributed by atoms with Crippen LogP contribution in [0.5, 0.6) is 5.75 Å². The number of hydrogen-bond acceptors (Lipinski definition) is 5. The molecule has 0 spiro atoms. The van der Waals surface area contributed by atoms with Gasteiger partial charge in [-0.15, -0.1) is 11.3 Å². The molecule has 2 heterocycles. The van der Waals surface area contributed by atoms with E-state index < -0.39 is 5.97 Å². The molecule has 0 fully saturated rings. The van der Waals surface area contributed by atoms with E-state index >= 15 is 0 Å². The van der Waals surface area contributed by atoms with Crippen molar-refractivity contribution >= 4 is 33.2 Å². The average Bonchev–Trinajstić information content (AvgIpc) is 2.92. The minimum atomic E-state index is -0.416. The molecule has 6 heteroatoms. The molecule has 0 unspecified atom stereocenters. The highest BCUT2D eigenvalue weighted by Gasteiger charge is 2.19. The smallest absolute Gasteiger partial charge is 0.342 e. The van der Waals surface area contributed by atoms with Crippen molar-refractivity contribution in [2.75, 3.05) is 13.7 Å². The minimum absolute atomic E-state index is 0.316. The molecule has 0 aromatic carbocycles. The molecule has 0 aliphatic rings. The summed E-state index contributed by atoms with van der Waals surface area (Å²) in [7, 11) is 1.50. The summed E-state index contributed by atoms with van der Waals surface area (Å²) in [6, 6.07) is 5.57. The first-order valence-electron chi connectivity index (χ1n) is 5.63. The van der Waals surface area contributed by atoms with Gasteiger partial charge in [0.1, 0.15) is 10.2 Å². The second kappa shape index (κ2) is 6.16. The summed E-state index contributed by atoms with van der Waals surface area (Å²) < 4.78 is 10.7. The molecule has 0 saturated carbocycles. The number of aromatic nitrogens is 1. The predicted octanol–water partition coefficient (Wildman–Crippen LogP) is 3.76. The van der Waals surface area contributed by atoms with Gasteiger partial charge in [-0.25, -0.2) is 9.78 Å². The van der Waals surface area contributed by atoms with Crippen LogP contribution >= 0.6 is 27.3 Å². The molecule has 0 amide bonds. The van der Waals surface area contributed by atoms with Gasteiger partial charge in [-0.05, 0) is 40.4 Å². The third-order valence-electron chi connectivity index (χ3n) is 2.40. The van der Waals surface area contributed by atoms with Crippen molar-refractivity contribution in [3.05, 3.63) is 33.7 Å². The highest BCUT2D eigenvalue weighted by Crippen LogP contribution is 2.33. The lowest BCUT2D eigenvalue weighted by atomic mass is 10.2. The van der Waals surface area contributed by atoms with Crippen molar-refractivity contribution in [3.63, 3.8) is 0 Å². The zero-order valence-electron chi connectivity index (χ0n) is 10.5. The van der Waals surface area contributed by atoms with Crippen LogP contribution < -0.4 is 4.74 Å². The molecule has 4 nitrogen and oxygen atoms in total. The van der Waals surface area contributed by atoms with Crippen LogP contribution in [0, 0.1) is 0 Å². The first kappa shape index (κ1) is 14.0. The fourth-order valence-corrected chi connectivity index (χ4v) is 2.86. The fourth-order valence-electron chi connectivity index (χ4n) is 1.61. The Hall–Kier alpha value is -1.40. The Kier molecular flexibility index (Phi) is 4.55. The molecule has 0 bridgehead atoms. The Morgan fingerprint density at radius 3 is 2.89 bits per heavy atom. The molecule has 0 radical (unpaired) electrons. The van der Waals surface area contributed by atoms with Gasteiger partial charge in [0.15, 0.2) is 5.75 Å². The second-order valence-electron chi connectivity index (χ2n) is 3.58. The van der Waals surface area contributed by atoms with Crippen molar-refractivity contribution in [3.8, 4) is 16.3 Å². The van der Waals surface area contributed by atoms with Crippen molar-refractivity contribution in [1.29, 1.82) is 0 Å². The van der Waals surface area contributed by atoms with Crippen molar-refractivity contribution < 1.29 is 14.3 Å². The molecule has 19 heavy (non-hydrogen) atoms. The van der Waals surface area contributed by atoms with Gasteiger partial charge >= 0.3 is 5.97 Å². The van der Waals surface area contributed by atoms with Crippen LogP contribution in [-0.4, -0.2) is 24.7 Å². The standard InChI is InChI=1S/C13H12BrNO3S/c1-3-18-13(16)8-7-9(10-5-4-6-19-10)15-12(14)11(8)17-2/h4-7H,3H2,1-2H3. The summed E-state index contributed by atoms with van der Waals surface area (Å²) in [6.07, 6.45) is 0. The third kappa shape index (κ3) is 2.96. The van der Waals surface area contributed by atoms with Gasteiger partial charge in [0, 0.05) is 0 Å². The Bertz CT molecular complexity index is 584. The molecule has 100 valence electrons. The summed E-state index contributed by atoms with van der Waals surface area (Å²) >= 11 is 4.88. The Balaban J connectivity index is 2.53. The lowest BCUT2D eigenvalue weighted by Crippen LogP contribution is -2.08. The van der Waals surface area contributed by atoms with Crippen LogP contribution in [0.15, 0.2) is 28.2 Å². The van der Waals surface area contributed by atoms with Crippen LogP contribution in [0.25, 0.3) is 10.6 Å². The van der Waals surface area contributed by atoms with E-state index in [4.69, 9.17) is 9.47 Å². The van der Waals surface area contributed by atoms with Crippen molar-refractivity contribution in [2.45, 2.75) is 6.92 Å². The number of carbonyl (C=O) groups excluding carboxylic acids is 1. The van der Waals surface area contributed by atoms with Crippen molar-refractivity contribution in [2.24, 2.45) is 0 Å². The molecule has 2 aromatic heterocycles. The van der Waals surface area contributed by atoms with Crippen LogP contribution in [0.2, 0.25) is 0 Å². The lowest BCUT2D eigenvalue weighted by molar-refractivity contribution is 0.0522. The maximum atomic E-state index is 12.0. The number of ether oxygens (including phenoxy) is 2. The highest BCUT2D eigenvalue weighted by atomic mass is 79.9. The normalized spacial score (nSPS) is 10.3. The molecule has 0 N–H and O–H groups in total. The van der Waals surface area contributed by atoms with Gasteiger partial charge in [-0.1, -0.05) is 6.07 Å². The topological polar surface area (TPSA) is 48.4 Å². The van der Waals surface area contributed by atoms with Gasteiger partial charge in [-0.2, -0.15) is 0 Å². The van der Waals surface area contributed by atoms with Gasteiger partial charge in [0.25, 0.3) is 0 Å². The number of methoxy groups -OCH3 is 1. The van der Waals surface area contributed by atoms with E-state index in [0.717, 1.165) is 4.88 Å². The van der Waals surface area contributed by atoms with E-state index in [9.17, 15) is 4.79 Å². The van der Waals surface area contributed by atoms with Crippen LogP contribution in [-0.2, 0) is 4.74 Å². The Morgan fingerprint density at radius 2 is 2.32 bits per heavy atom. The zero-order chi connectivity index (χ0) is 13.8. The molecular weight excluding hydrogens is 330 g/mol. The third-order valence-corrected chi connectivity index (χ3v) is 3.83.